The van der Waals surface area contributed by atoms with E-state index in [1.165, 1.54) is 6.07 Å². The van der Waals surface area contributed by atoms with Crippen molar-refractivity contribution in [2.45, 2.75) is 18.7 Å². The van der Waals surface area contributed by atoms with Gasteiger partial charge in [-0.1, -0.05) is 24.3 Å². The van der Waals surface area contributed by atoms with Crippen molar-refractivity contribution in [3.8, 4) is 0 Å². The Morgan fingerprint density at radius 3 is 2.58 bits per heavy atom. The van der Waals surface area contributed by atoms with Crippen LogP contribution in [0, 0.1) is 13.8 Å². The van der Waals surface area contributed by atoms with E-state index in [-0.39, 0.29) is 16.4 Å². The van der Waals surface area contributed by atoms with Crippen LogP contribution in [0.5, 0.6) is 0 Å². The Hall–Kier alpha value is -2.60. The number of carbonyl (C=O) groups is 1. The third-order valence-electron chi connectivity index (χ3n) is 3.42. The first kappa shape index (κ1) is 17.7. The first-order valence-corrected chi connectivity index (χ1v) is 8.91. The largest absolute Gasteiger partial charge is 0.349 e. The zero-order valence-electron chi connectivity index (χ0n) is 13.7. The molecule has 0 saturated carbocycles. The van der Waals surface area contributed by atoms with Gasteiger partial charge in [-0.05, 0) is 49.2 Å². The average molecular weight is 344 g/mol. The van der Waals surface area contributed by atoms with Gasteiger partial charge in [0.1, 0.15) is 0 Å². The number of rotatable bonds is 6. The van der Waals surface area contributed by atoms with Crippen LogP contribution in [-0.2, 0) is 10.0 Å². The molecule has 2 rings (SSSR count). The van der Waals surface area contributed by atoms with E-state index >= 15 is 0 Å². The van der Waals surface area contributed by atoms with E-state index < -0.39 is 10.0 Å². The summed E-state index contributed by atoms with van der Waals surface area (Å²) >= 11 is 0. The van der Waals surface area contributed by atoms with Gasteiger partial charge in [-0.3, -0.25) is 9.52 Å². The highest BCUT2D eigenvalue weighted by atomic mass is 32.2. The minimum atomic E-state index is -3.79. The summed E-state index contributed by atoms with van der Waals surface area (Å²) in [6.07, 6.45) is 1.56. The number of amides is 1. The standard InChI is InChI=1S/C18H20N2O3S/c1-4-10-19-18(21)15-9-8-14(3)17(12-15)24(22,23)20-16-7-5-6-13(2)11-16/h4-9,11-12,20H,1,10H2,2-3H3,(H,19,21). The fourth-order valence-electron chi connectivity index (χ4n) is 2.22. The van der Waals surface area contributed by atoms with Crippen LogP contribution in [0.2, 0.25) is 0 Å². The molecule has 0 aromatic heterocycles. The van der Waals surface area contributed by atoms with Gasteiger partial charge in [0.15, 0.2) is 0 Å². The van der Waals surface area contributed by atoms with Crippen LogP contribution in [0.25, 0.3) is 0 Å². The summed E-state index contributed by atoms with van der Waals surface area (Å²) in [5.41, 5.74) is 2.28. The number of aryl methyl sites for hydroxylation is 2. The lowest BCUT2D eigenvalue weighted by atomic mass is 10.1. The van der Waals surface area contributed by atoms with Gasteiger partial charge in [-0.15, -0.1) is 6.58 Å². The van der Waals surface area contributed by atoms with Crippen molar-refractivity contribution in [1.82, 2.24) is 5.32 Å². The third-order valence-corrected chi connectivity index (χ3v) is 4.94. The SMILES string of the molecule is C=CCNC(=O)c1ccc(C)c(S(=O)(=O)Nc2cccc(C)c2)c1. The molecule has 2 aromatic carbocycles. The van der Waals surface area contributed by atoms with Gasteiger partial charge in [-0.2, -0.15) is 0 Å². The Balaban J connectivity index is 2.35. The summed E-state index contributed by atoms with van der Waals surface area (Å²) in [7, 11) is -3.79. The quantitative estimate of drug-likeness (QED) is 0.791. The molecule has 0 heterocycles. The van der Waals surface area contributed by atoms with Crippen LogP contribution in [-0.4, -0.2) is 20.9 Å². The number of carbonyl (C=O) groups excluding carboxylic acids is 1. The fraction of sp³-hybridized carbons (Fsp3) is 0.167. The van der Waals surface area contributed by atoms with Crippen molar-refractivity contribution in [2.24, 2.45) is 0 Å². The first-order chi connectivity index (χ1) is 11.3. The summed E-state index contributed by atoms with van der Waals surface area (Å²) in [5.74, 6) is -0.345. The molecule has 0 unspecified atom stereocenters. The highest BCUT2D eigenvalue weighted by Crippen LogP contribution is 2.21. The van der Waals surface area contributed by atoms with E-state index in [1.807, 2.05) is 13.0 Å². The Morgan fingerprint density at radius 2 is 1.92 bits per heavy atom. The molecular formula is C18H20N2O3S. The molecule has 2 aromatic rings. The molecule has 6 heteroatoms. The van der Waals surface area contributed by atoms with Crippen LogP contribution in [0.4, 0.5) is 5.69 Å². The zero-order valence-corrected chi connectivity index (χ0v) is 14.5. The van der Waals surface area contributed by atoms with Crippen LogP contribution >= 0.6 is 0 Å². The van der Waals surface area contributed by atoms with Gasteiger partial charge < -0.3 is 5.32 Å². The van der Waals surface area contributed by atoms with Crippen molar-refractivity contribution >= 4 is 21.6 Å². The number of sulfonamides is 1. The molecule has 0 saturated heterocycles. The van der Waals surface area contributed by atoms with Gasteiger partial charge in [0.2, 0.25) is 0 Å². The molecule has 0 aliphatic rings. The van der Waals surface area contributed by atoms with Crippen molar-refractivity contribution < 1.29 is 13.2 Å². The monoisotopic (exact) mass is 344 g/mol. The summed E-state index contributed by atoms with van der Waals surface area (Å²) in [6, 6.07) is 11.7. The molecule has 0 fully saturated rings. The lowest BCUT2D eigenvalue weighted by Gasteiger charge is -2.12. The Labute approximate surface area is 142 Å². The number of nitrogens with one attached hydrogen (secondary N) is 2. The second-order valence-corrected chi connectivity index (χ2v) is 7.10. The van der Waals surface area contributed by atoms with Gasteiger partial charge >= 0.3 is 0 Å². The molecule has 1 amide bonds. The fourth-order valence-corrected chi connectivity index (χ4v) is 3.54. The molecular weight excluding hydrogens is 324 g/mol. The summed E-state index contributed by atoms with van der Waals surface area (Å²) < 4.78 is 27.9. The van der Waals surface area contributed by atoms with Gasteiger partial charge in [-0.25, -0.2) is 8.42 Å². The molecule has 24 heavy (non-hydrogen) atoms. The summed E-state index contributed by atoms with van der Waals surface area (Å²) in [6.45, 7) is 7.42. The predicted octanol–water partition coefficient (Wildman–Crippen LogP) is 3.02. The summed E-state index contributed by atoms with van der Waals surface area (Å²) in [5, 5.41) is 2.63. The highest BCUT2D eigenvalue weighted by Gasteiger charge is 2.19. The van der Waals surface area contributed by atoms with Crippen molar-refractivity contribution in [2.75, 3.05) is 11.3 Å². The summed E-state index contributed by atoms with van der Waals surface area (Å²) in [4.78, 5) is 12.1. The molecule has 5 nitrogen and oxygen atoms in total. The lowest BCUT2D eigenvalue weighted by Crippen LogP contribution is -2.24. The second-order valence-electron chi connectivity index (χ2n) is 5.45. The third kappa shape index (κ3) is 4.23. The molecule has 0 spiro atoms. The zero-order chi connectivity index (χ0) is 17.7. The molecule has 126 valence electrons. The van der Waals surface area contributed by atoms with E-state index in [0.29, 0.717) is 17.8 Å². The lowest BCUT2D eigenvalue weighted by molar-refractivity contribution is 0.0958. The minimum absolute atomic E-state index is 0.0789. The normalized spacial score (nSPS) is 10.9. The number of anilines is 1. The van der Waals surface area contributed by atoms with Gasteiger partial charge in [0.25, 0.3) is 15.9 Å². The van der Waals surface area contributed by atoms with E-state index in [1.54, 1.807) is 43.3 Å². The highest BCUT2D eigenvalue weighted by molar-refractivity contribution is 7.92. The van der Waals surface area contributed by atoms with Crippen molar-refractivity contribution in [1.29, 1.82) is 0 Å². The Kier molecular flexibility index (Phi) is 5.41. The molecule has 0 bridgehead atoms. The minimum Gasteiger partial charge on any atom is -0.349 e. The van der Waals surface area contributed by atoms with Gasteiger partial charge in [0, 0.05) is 17.8 Å². The van der Waals surface area contributed by atoms with Crippen LogP contribution in [0.15, 0.2) is 60.0 Å². The predicted molar refractivity (Wildman–Crippen MR) is 95.7 cm³/mol. The number of hydrogen-bond acceptors (Lipinski definition) is 3. The van der Waals surface area contributed by atoms with Crippen molar-refractivity contribution in [3.63, 3.8) is 0 Å². The molecule has 0 radical (unpaired) electrons. The molecule has 0 aliphatic carbocycles. The smallest absolute Gasteiger partial charge is 0.262 e. The second kappa shape index (κ2) is 7.31. The topological polar surface area (TPSA) is 75.3 Å². The van der Waals surface area contributed by atoms with Crippen LogP contribution in [0.1, 0.15) is 21.5 Å². The maximum Gasteiger partial charge on any atom is 0.262 e. The van der Waals surface area contributed by atoms with E-state index in [2.05, 4.69) is 16.6 Å². The molecule has 0 aliphatic heterocycles. The van der Waals surface area contributed by atoms with Crippen molar-refractivity contribution in [3.05, 3.63) is 71.8 Å². The van der Waals surface area contributed by atoms with Crippen LogP contribution < -0.4 is 10.0 Å². The maximum absolute atomic E-state index is 12.7. The molecule has 2 N–H and O–H groups in total. The van der Waals surface area contributed by atoms with Gasteiger partial charge in [0.05, 0.1) is 4.90 Å². The Bertz CT molecular complexity index is 874. The Morgan fingerprint density at radius 1 is 1.17 bits per heavy atom. The maximum atomic E-state index is 12.7. The number of benzene rings is 2. The van der Waals surface area contributed by atoms with Crippen LogP contribution in [0.3, 0.4) is 0 Å². The van der Waals surface area contributed by atoms with E-state index in [9.17, 15) is 13.2 Å². The average Bonchev–Trinajstić information content (AvgIpc) is 2.52. The molecule has 0 atom stereocenters. The van der Waals surface area contributed by atoms with E-state index in [4.69, 9.17) is 0 Å². The van der Waals surface area contributed by atoms with E-state index in [0.717, 1.165) is 5.56 Å². The first-order valence-electron chi connectivity index (χ1n) is 7.43. The number of hydrogen-bond donors (Lipinski definition) is 2.